The number of fused-ring (bicyclic) bond motifs is 1. The summed E-state index contributed by atoms with van der Waals surface area (Å²) in [6.07, 6.45) is 8.40. The van der Waals surface area contributed by atoms with E-state index in [0.29, 0.717) is 0 Å². The van der Waals surface area contributed by atoms with Crippen molar-refractivity contribution in [2.75, 3.05) is 0 Å². The van der Waals surface area contributed by atoms with E-state index in [0.717, 1.165) is 11.4 Å². The van der Waals surface area contributed by atoms with Crippen molar-refractivity contribution in [1.29, 1.82) is 0 Å². The fourth-order valence-corrected chi connectivity index (χ4v) is 0.732. The van der Waals surface area contributed by atoms with Gasteiger partial charge in [0.1, 0.15) is 12.2 Å². The molecule has 0 bridgehead atoms. The van der Waals surface area contributed by atoms with Crippen LogP contribution in [0.5, 0.6) is 0 Å². The molecule has 9 heavy (non-hydrogen) atoms. The Bertz CT molecular complexity index is 243. The van der Waals surface area contributed by atoms with E-state index >= 15 is 0 Å². The number of H-pyrrole nitrogens is 1. The van der Waals surface area contributed by atoms with Crippen LogP contribution in [0.15, 0.2) is 6.08 Å². The van der Waals surface area contributed by atoms with E-state index < -0.39 is 0 Å². The molecule has 1 N–H and O–H groups in total. The van der Waals surface area contributed by atoms with Gasteiger partial charge in [-0.25, -0.2) is 5.10 Å². The molecule has 0 amide bonds. The predicted molar refractivity (Wildman–Crippen MR) is 33.1 cm³/mol. The Labute approximate surface area is 52.1 Å². The largest absolute Gasteiger partial charge is 0.232 e. The average Bonchev–Trinajstić information content (AvgIpc) is 2.33. The molecular weight excluding hydrogens is 114 g/mol. The molecule has 0 aromatic carbocycles. The molecule has 0 aliphatic heterocycles. The van der Waals surface area contributed by atoms with Crippen molar-refractivity contribution >= 4 is 12.2 Å². The topological polar surface area (TPSA) is 41.6 Å². The van der Waals surface area contributed by atoms with Crippen LogP contribution in [0.4, 0.5) is 0 Å². The Morgan fingerprint density at radius 2 is 2.56 bits per heavy atom. The predicted octanol–water partition coefficient (Wildman–Crippen LogP) is 0.648. The smallest absolute Gasteiger partial charge is 0.227 e. The Morgan fingerprint density at radius 1 is 1.56 bits per heavy atom. The zero-order valence-corrected chi connectivity index (χ0v) is 4.63. The molecule has 3 heteroatoms. The van der Waals surface area contributed by atoms with Crippen LogP contribution >= 0.6 is 0 Å². The number of rotatable bonds is 0. The van der Waals surface area contributed by atoms with Crippen LogP contribution in [0.25, 0.3) is 12.2 Å². The molecule has 42 valence electrons. The minimum atomic E-state index is 0.859. The zero-order valence-electron chi connectivity index (χ0n) is 4.63. The normalized spacial score (nSPS) is 12.9. The lowest BCUT2D eigenvalue weighted by Gasteiger charge is -1.78. The lowest BCUT2D eigenvalue weighted by atomic mass is 10.2. The molecule has 1 heterocycles. The average molecular weight is 118 g/mol. The summed E-state index contributed by atoms with van der Waals surface area (Å²) in [5, 5.41) is 10.1. The van der Waals surface area contributed by atoms with E-state index in [2.05, 4.69) is 21.5 Å². The number of allylic oxidation sites excluding steroid dienone is 2. The maximum absolute atomic E-state index is 3.78. The molecule has 0 saturated heterocycles. The second kappa shape index (κ2) is 1.50. The van der Waals surface area contributed by atoms with Gasteiger partial charge in [0.05, 0.1) is 6.08 Å². The number of nitrogens with one attached hydrogen (secondary N) is 1. The van der Waals surface area contributed by atoms with Gasteiger partial charge >= 0.3 is 0 Å². The first-order valence-corrected chi connectivity index (χ1v) is 2.64. The highest BCUT2D eigenvalue weighted by Gasteiger charge is 2.11. The maximum atomic E-state index is 3.78. The van der Waals surface area contributed by atoms with Crippen molar-refractivity contribution in [3.63, 3.8) is 0 Å². The maximum Gasteiger partial charge on any atom is 0.227 e. The molecule has 0 spiro atoms. The van der Waals surface area contributed by atoms with Gasteiger partial charge < -0.3 is 0 Å². The number of hydrogen-bond donors (Lipinski definition) is 1. The van der Waals surface area contributed by atoms with Crippen LogP contribution in [0.2, 0.25) is 0 Å². The van der Waals surface area contributed by atoms with Gasteiger partial charge in [-0.3, -0.25) is 0 Å². The third kappa shape index (κ3) is 0.556. The SMILES string of the molecule is [C+]1=Cc2nn[nH]c2C=C1. The summed E-state index contributed by atoms with van der Waals surface area (Å²) in [5.74, 6) is 0. The van der Waals surface area contributed by atoms with Gasteiger partial charge in [0.25, 0.3) is 0 Å². The van der Waals surface area contributed by atoms with E-state index in [9.17, 15) is 0 Å². The highest BCUT2D eigenvalue weighted by molar-refractivity contribution is 5.63. The lowest BCUT2D eigenvalue weighted by Crippen LogP contribution is -1.79. The van der Waals surface area contributed by atoms with E-state index in [-0.39, 0.29) is 0 Å². The summed E-state index contributed by atoms with van der Waals surface area (Å²) in [7, 11) is 0. The van der Waals surface area contributed by atoms with Crippen molar-refractivity contribution in [2.45, 2.75) is 0 Å². The van der Waals surface area contributed by atoms with Crippen LogP contribution in [0, 0.1) is 6.08 Å². The van der Waals surface area contributed by atoms with E-state index in [1.807, 2.05) is 12.2 Å². The first-order chi connectivity index (χ1) is 4.47. The molecule has 0 unspecified atom stereocenters. The molecule has 3 nitrogen and oxygen atoms in total. The van der Waals surface area contributed by atoms with Gasteiger partial charge in [0.2, 0.25) is 5.69 Å². The highest BCUT2D eigenvalue weighted by atomic mass is 15.3. The summed E-state index contributed by atoms with van der Waals surface area (Å²) >= 11 is 0. The fraction of sp³-hybridized carbons (Fsp3) is 0. The number of aromatic amines is 1. The summed E-state index contributed by atoms with van der Waals surface area (Å²) in [6, 6.07) is 0. The summed E-state index contributed by atoms with van der Waals surface area (Å²) in [5.41, 5.74) is 1.81. The molecule has 0 atom stereocenters. The molecule has 1 aliphatic rings. The van der Waals surface area contributed by atoms with Gasteiger partial charge in [0.15, 0.2) is 5.69 Å². The fourth-order valence-electron chi connectivity index (χ4n) is 0.732. The Balaban J connectivity index is 2.68. The lowest BCUT2D eigenvalue weighted by molar-refractivity contribution is 0.935. The van der Waals surface area contributed by atoms with Crippen LogP contribution in [-0.4, -0.2) is 15.4 Å². The second-order valence-electron chi connectivity index (χ2n) is 1.76. The third-order valence-electron chi connectivity index (χ3n) is 1.17. The Kier molecular flexibility index (Phi) is 0.737. The van der Waals surface area contributed by atoms with Gasteiger partial charge in [-0.15, -0.1) is 0 Å². The molecule has 1 aromatic rings. The zero-order chi connectivity index (χ0) is 6.10. The molecule has 2 rings (SSSR count). The third-order valence-corrected chi connectivity index (χ3v) is 1.17. The van der Waals surface area contributed by atoms with Gasteiger partial charge in [-0.05, 0) is 0 Å². The van der Waals surface area contributed by atoms with Crippen molar-refractivity contribution in [1.82, 2.24) is 15.4 Å². The van der Waals surface area contributed by atoms with Gasteiger partial charge in [-0.1, -0.05) is 10.3 Å². The van der Waals surface area contributed by atoms with E-state index in [4.69, 9.17) is 0 Å². The summed E-state index contributed by atoms with van der Waals surface area (Å²) in [4.78, 5) is 0. The van der Waals surface area contributed by atoms with E-state index in [1.165, 1.54) is 0 Å². The number of nitrogens with zero attached hydrogens (tertiary/aromatic N) is 2. The Morgan fingerprint density at radius 3 is 3.44 bits per heavy atom. The molecule has 1 aromatic heterocycles. The van der Waals surface area contributed by atoms with Crippen LogP contribution in [0.3, 0.4) is 0 Å². The van der Waals surface area contributed by atoms with Crippen LogP contribution in [0.1, 0.15) is 11.4 Å². The number of hydrogen-bond acceptors (Lipinski definition) is 2. The summed E-state index contributed by atoms with van der Waals surface area (Å²) in [6.45, 7) is 0. The Hall–Kier alpha value is -1.47. The van der Waals surface area contributed by atoms with Gasteiger partial charge in [-0.2, -0.15) is 0 Å². The van der Waals surface area contributed by atoms with Crippen molar-refractivity contribution in [2.24, 2.45) is 0 Å². The first kappa shape index (κ1) is 4.41. The van der Waals surface area contributed by atoms with Crippen molar-refractivity contribution in [3.8, 4) is 0 Å². The minimum Gasteiger partial charge on any atom is -0.232 e. The molecule has 1 aliphatic carbocycles. The second-order valence-corrected chi connectivity index (χ2v) is 1.76. The van der Waals surface area contributed by atoms with Crippen LogP contribution < -0.4 is 0 Å². The number of aromatic nitrogens is 3. The quantitative estimate of drug-likeness (QED) is 0.508. The van der Waals surface area contributed by atoms with Crippen molar-refractivity contribution < 1.29 is 0 Å². The minimum absolute atomic E-state index is 0.859. The monoisotopic (exact) mass is 118 g/mol. The van der Waals surface area contributed by atoms with E-state index in [1.54, 1.807) is 6.08 Å². The highest BCUT2D eigenvalue weighted by Crippen LogP contribution is 2.09. The molecular formula is C6H4N3+. The molecule has 0 saturated carbocycles. The first-order valence-electron chi connectivity index (χ1n) is 2.64. The van der Waals surface area contributed by atoms with Crippen LogP contribution in [-0.2, 0) is 0 Å². The molecule has 0 radical (unpaired) electrons. The standard InChI is InChI=1S/C6H4N3/c1-2-4-6-5(3-1)7-9-8-6/h1,3-4H,(H,7,8,9)/q+1. The van der Waals surface area contributed by atoms with Crippen molar-refractivity contribution in [3.05, 3.63) is 23.5 Å². The summed E-state index contributed by atoms with van der Waals surface area (Å²) < 4.78 is 0. The van der Waals surface area contributed by atoms with Gasteiger partial charge in [0, 0.05) is 6.08 Å². The molecule has 0 fully saturated rings.